The fourth-order valence-electron chi connectivity index (χ4n) is 1.67. The molecule has 23 heavy (non-hydrogen) atoms. The van der Waals surface area contributed by atoms with Gasteiger partial charge >= 0.3 is 0 Å². The van der Waals surface area contributed by atoms with E-state index in [0.717, 1.165) is 0 Å². The highest BCUT2D eigenvalue weighted by Gasteiger charge is 2.07. The van der Waals surface area contributed by atoms with Gasteiger partial charge in [-0.15, -0.1) is 0 Å². The number of ether oxygens (including phenoxy) is 3. The van der Waals surface area contributed by atoms with Gasteiger partial charge in [-0.1, -0.05) is 0 Å². The van der Waals surface area contributed by atoms with Gasteiger partial charge in [0, 0.05) is 11.6 Å². The molecule has 120 valence electrons. The lowest BCUT2D eigenvalue weighted by molar-refractivity contribution is 0.0949. The molecular weight excluding hydrogens is 300 g/mol. The molecule has 0 saturated carbocycles. The number of carbonyl (C=O) groups excluding carboxylic acids is 1. The third kappa shape index (κ3) is 4.40. The summed E-state index contributed by atoms with van der Waals surface area (Å²) in [6.45, 7) is 0. The SMILES string of the molecule is COc1cc(/C=N/NC(=O)c2cnc(OC)cn2)cc(OC)c1. The summed E-state index contributed by atoms with van der Waals surface area (Å²) in [5.74, 6) is 1.09. The van der Waals surface area contributed by atoms with E-state index in [9.17, 15) is 4.79 Å². The molecule has 0 saturated heterocycles. The number of carbonyl (C=O) groups is 1. The van der Waals surface area contributed by atoms with Crippen LogP contribution >= 0.6 is 0 Å². The van der Waals surface area contributed by atoms with E-state index in [-0.39, 0.29) is 5.69 Å². The van der Waals surface area contributed by atoms with E-state index in [1.807, 2.05) is 0 Å². The Hall–Kier alpha value is -3.16. The van der Waals surface area contributed by atoms with Crippen molar-refractivity contribution in [3.63, 3.8) is 0 Å². The molecule has 0 fully saturated rings. The highest BCUT2D eigenvalue weighted by molar-refractivity contribution is 5.92. The Balaban J connectivity index is 2.04. The van der Waals surface area contributed by atoms with Crippen molar-refractivity contribution in [2.75, 3.05) is 21.3 Å². The van der Waals surface area contributed by atoms with Gasteiger partial charge in [-0.25, -0.2) is 15.4 Å². The summed E-state index contributed by atoms with van der Waals surface area (Å²) in [5.41, 5.74) is 3.21. The zero-order valence-electron chi connectivity index (χ0n) is 12.9. The topological polar surface area (TPSA) is 94.9 Å². The van der Waals surface area contributed by atoms with Crippen molar-refractivity contribution in [2.24, 2.45) is 5.10 Å². The summed E-state index contributed by atoms with van der Waals surface area (Å²) in [4.78, 5) is 19.7. The first kappa shape index (κ1) is 16.2. The van der Waals surface area contributed by atoms with E-state index < -0.39 is 5.91 Å². The van der Waals surface area contributed by atoms with E-state index in [1.54, 1.807) is 32.4 Å². The van der Waals surface area contributed by atoms with Gasteiger partial charge in [-0.2, -0.15) is 5.10 Å². The van der Waals surface area contributed by atoms with Crippen LogP contribution in [0.25, 0.3) is 0 Å². The summed E-state index contributed by atoms with van der Waals surface area (Å²) in [7, 11) is 4.58. The lowest BCUT2D eigenvalue weighted by Gasteiger charge is -2.05. The van der Waals surface area contributed by atoms with Crippen molar-refractivity contribution < 1.29 is 19.0 Å². The molecule has 0 aliphatic heterocycles. The molecule has 8 nitrogen and oxygen atoms in total. The fraction of sp³-hybridized carbons (Fsp3) is 0.200. The fourth-order valence-corrected chi connectivity index (χ4v) is 1.67. The molecule has 0 spiro atoms. The van der Waals surface area contributed by atoms with Crippen LogP contribution in [-0.2, 0) is 0 Å². The largest absolute Gasteiger partial charge is 0.497 e. The number of methoxy groups -OCH3 is 3. The summed E-state index contributed by atoms with van der Waals surface area (Å²) < 4.78 is 15.2. The van der Waals surface area contributed by atoms with E-state index in [2.05, 4.69) is 20.5 Å². The Bertz CT molecular complexity index is 679. The van der Waals surface area contributed by atoms with Gasteiger partial charge in [0.25, 0.3) is 5.91 Å². The molecule has 0 aliphatic carbocycles. The van der Waals surface area contributed by atoms with Crippen molar-refractivity contribution >= 4 is 12.1 Å². The molecule has 2 rings (SSSR count). The van der Waals surface area contributed by atoms with Crippen LogP contribution in [0.2, 0.25) is 0 Å². The zero-order chi connectivity index (χ0) is 16.7. The molecule has 0 atom stereocenters. The summed E-state index contributed by atoms with van der Waals surface area (Å²) in [5, 5.41) is 3.88. The standard InChI is InChI=1S/C15H16N4O4/c1-21-11-4-10(5-12(6-11)22-2)7-18-19-15(20)13-8-17-14(23-3)9-16-13/h4-9H,1-3H3,(H,19,20)/b18-7+. The normalized spacial score (nSPS) is 10.4. The first-order valence-corrected chi connectivity index (χ1v) is 6.58. The predicted octanol–water partition coefficient (Wildman–Crippen LogP) is 1.27. The van der Waals surface area contributed by atoms with Crippen LogP contribution in [0.5, 0.6) is 17.4 Å². The minimum atomic E-state index is -0.480. The average molecular weight is 316 g/mol. The first-order chi connectivity index (χ1) is 11.2. The predicted molar refractivity (Wildman–Crippen MR) is 83.2 cm³/mol. The molecule has 8 heteroatoms. The summed E-state index contributed by atoms with van der Waals surface area (Å²) >= 11 is 0. The van der Waals surface area contributed by atoms with Gasteiger partial charge in [0.2, 0.25) is 5.88 Å². The third-order valence-corrected chi connectivity index (χ3v) is 2.82. The van der Waals surface area contributed by atoms with E-state index in [4.69, 9.17) is 14.2 Å². The van der Waals surface area contributed by atoms with Gasteiger partial charge in [0.15, 0.2) is 0 Å². The van der Waals surface area contributed by atoms with Gasteiger partial charge in [0.05, 0.1) is 39.9 Å². The second kappa shape index (κ2) is 7.74. The van der Waals surface area contributed by atoms with Crippen molar-refractivity contribution in [2.45, 2.75) is 0 Å². The number of nitrogens with zero attached hydrogens (tertiary/aromatic N) is 3. The first-order valence-electron chi connectivity index (χ1n) is 6.58. The van der Waals surface area contributed by atoms with E-state index in [0.29, 0.717) is 22.9 Å². The maximum Gasteiger partial charge on any atom is 0.291 e. The second-order valence-corrected chi connectivity index (χ2v) is 4.29. The summed E-state index contributed by atoms with van der Waals surface area (Å²) in [6, 6.07) is 5.25. The van der Waals surface area contributed by atoms with Crippen LogP contribution in [0.15, 0.2) is 35.7 Å². The van der Waals surface area contributed by atoms with Crippen LogP contribution in [0.4, 0.5) is 0 Å². The maximum atomic E-state index is 11.9. The van der Waals surface area contributed by atoms with Crippen LogP contribution in [0.1, 0.15) is 16.1 Å². The molecular formula is C15H16N4O4. The number of hydrazone groups is 1. The molecule has 0 radical (unpaired) electrons. The quantitative estimate of drug-likeness (QED) is 0.637. The van der Waals surface area contributed by atoms with Crippen molar-refractivity contribution in [3.8, 4) is 17.4 Å². The second-order valence-electron chi connectivity index (χ2n) is 4.29. The molecule has 1 aromatic carbocycles. The smallest absolute Gasteiger partial charge is 0.291 e. The van der Waals surface area contributed by atoms with Crippen LogP contribution in [-0.4, -0.2) is 43.4 Å². The molecule has 1 heterocycles. The number of aromatic nitrogens is 2. The lowest BCUT2D eigenvalue weighted by Crippen LogP contribution is -2.19. The van der Waals surface area contributed by atoms with Gasteiger partial charge in [-0.3, -0.25) is 4.79 Å². The van der Waals surface area contributed by atoms with Crippen molar-refractivity contribution in [1.82, 2.24) is 15.4 Å². The highest BCUT2D eigenvalue weighted by atomic mass is 16.5. The molecule has 0 aliphatic rings. The van der Waals surface area contributed by atoms with Crippen LogP contribution < -0.4 is 19.6 Å². The van der Waals surface area contributed by atoms with Crippen LogP contribution in [0.3, 0.4) is 0 Å². The Morgan fingerprint density at radius 1 is 1.04 bits per heavy atom. The van der Waals surface area contributed by atoms with E-state index in [1.165, 1.54) is 25.7 Å². The molecule has 0 unspecified atom stereocenters. The number of hydrogen-bond donors (Lipinski definition) is 1. The molecule has 1 N–H and O–H groups in total. The highest BCUT2D eigenvalue weighted by Crippen LogP contribution is 2.21. The number of hydrogen-bond acceptors (Lipinski definition) is 7. The van der Waals surface area contributed by atoms with Gasteiger partial charge < -0.3 is 14.2 Å². The van der Waals surface area contributed by atoms with Crippen LogP contribution in [0, 0.1) is 0 Å². The Labute approximate surface area is 133 Å². The third-order valence-electron chi connectivity index (χ3n) is 2.82. The zero-order valence-corrected chi connectivity index (χ0v) is 12.9. The minimum absolute atomic E-state index is 0.131. The van der Waals surface area contributed by atoms with E-state index >= 15 is 0 Å². The average Bonchev–Trinajstić information content (AvgIpc) is 2.61. The lowest BCUT2D eigenvalue weighted by atomic mass is 10.2. The maximum absolute atomic E-state index is 11.9. The molecule has 2 aromatic rings. The minimum Gasteiger partial charge on any atom is -0.497 e. The number of rotatable bonds is 6. The Morgan fingerprint density at radius 3 is 2.26 bits per heavy atom. The molecule has 0 bridgehead atoms. The van der Waals surface area contributed by atoms with Crippen molar-refractivity contribution in [3.05, 3.63) is 41.9 Å². The Morgan fingerprint density at radius 2 is 1.74 bits per heavy atom. The van der Waals surface area contributed by atoms with Gasteiger partial charge in [-0.05, 0) is 12.1 Å². The molecule has 1 aromatic heterocycles. The van der Waals surface area contributed by atoms with Gasteiger partial charge in [0.1, 0.15) is 17.2 Å². The summed E-state index contributed by atoms with van der Waals surface area (Å²) in [6.07, 6.45) is 4.13. The Kier molecular flexibility index (Phi) is 5.45. The number of nitrogens with one attached hydrogen (secondary N) is 1. The van der Waals surface area contributed by atoms with Crippen molar-refractivity contribution in [1.29, 1.82) is 0 Å². The number of amides is 1. The number of benzene rings is 1. The monoisotopic (exact) mass is 316 g/mol. The molecule has 1 amide bonds.